The number of nitrogens with one attached hydrogen (secondary N) is 1. The molecule has 20 heavy (non-hydrogen) atoms. The smallest absolute Gasteiger partial charge is 0.258 e. The van der Waals surface area contributed by atoms with Gasteiger partial charge < -0.3 is 20.7 Å². The Bertz CT molecular complexity index is 679. The quantitative estimate of drug-likeness (QED) is 0.350. The van der Waals surface area contributed by atoms with E-state index in [2.05, 4.69) is 10.5 Å². The van der Waals surface area contributed by atoms with Crippen LogP contribution >= 0.6 is 11.6 Å². The fourth-order valence-electron chi connectivity index (χ4n) is 1.65. The highest BCUT2D eigenvalue weighted by molar-refractivity contribution is 6.31. The lowest BCUT2D eigenvalue weighted by Gasteiger charge is -2.09. The summed E-state index contributed by atoms with van der Waals surface area (Å²) in [4.78, 5) is 12.0. The van der Waals surface area contributed by atoms with Crippen molar-refractivity contribution in [2.75, 3.05) is 5.32 Å². The van der Waals surface area contributed by atoms with Gasteiger partial charge >= 0.3 is 0 Å². The van der Waals surface area contributed by atoms with E-state index in [0.717, 1.165) is 0 Å². The minimum Gasteiger partial charge on any atom is -0.469 e. The Labute approximate surface area is 119 Å². The number of furan rings is 1. The van der Waals surface area contributed by atoms with Crippen molar-refractivity contribution in [3.8, 4) is 0 Å². The van der Waals surface area contributed by atoms with Crippen LogP contribution in [0.5, 0.6) is 0 Å². The molecule has 2 aromatic rings. The van der Waals surface area contributed by atoms with E-state index < -0.39 is 0 Å². The van der Waals surface area contributed by atoms with Crippen LogP contribution in [0, 0.1) is 6.92 Å². The Morgan fingerprint density at radius 2 is 2.20 bits per heavy atom. The third kappa shape index (κ3) is 2.92. The van der Waals surface area contributed by atoms with Crippen molar-refractivity contribution in [1.82, 2.24) is 0 Å². The molecule has 1 aromatic heterocycles. The molecule has 4 N–H and O–H groups in total. The lowest BCUT2D eigenvalue weighted by Crippen LogP contribution is -2.19. The summed E-state index contributed by atoms with van der Waals surface area (Å²) < 4.78 is 5.07. The van der Waals surface area contributed by atoms with E-state index in [0.29, 0.717) is 27.6 Å². The van der Waals surface area contributed by atoms with Crippen molar-refractivity contribution >= 4 is 29.0 Å². The second kappa shape index (κ2) is 5.66. The minimum absolute atomic E-state index is 0.125. The summed E-state index contributed by atoms with van der Waals surface area (Å²) in [5, 5.41) is 14.7. The maximum absolute atomic E-state index is 12.0. The molecule has 0 saturated carbocycles. The van der Waals surface area contributed by atoms with Gasteiger partial charge in [-0.15, -0.1) is 0 Å². The molecule has 0 saturated heterocycles. The number of carbonyl (C=O) groups excluding carboxylic acids is 1. The lowest BCUT2D eigenvalue weighted by molar-refractivity contribution is 0.102. The fourth-order valence-corrected chi connectivity index (χ4v) is 1.83. The van der Waals surface area contributed by atoms with Gasteiger partial charge in [-0.25, -0.2) is 0 Å². The molecule has 0 atom stereocenters. The number of halogens is 1. The van der Waals surface area contributed by atoms with Gasteiger partial charge in [0.25, 0.3) is 5.91 Å². The molecule has 0 bridgehead atoms. The van der Waals surface area contributed by atoms with Crippen LogP contribution in [0.1, 0.15) is 21.7 Å². The number of amidine groups is 1. The molecular weight excluding hydrogens is 282 g/mol. The molecular formula is C13H12ClN3O3. The number of aryl methyl sites for hydroxylation is 1. The summed E-state index contributed by atoms with van der Waals surface area (Å²) in [6.07, 6.45) is 1.35. The predicted octanol–water partition coefficient (Wildman–Crippen LogP) is 2.59. The first-order valence-electron chi connectivity index (χ1n) is 5.65. The number of benzene rings is 1. The molecule has 0 fully saturated rings. The van der Waals surface area contributed by atoms with Gasteiger partial charge in [-0.3, -0.25) is 4.79 Å². The Morgan fingerprint density at radius 3 is 2.80 bits per heavy atom. The highest BCUT2D eigenvalue weighted by Crippen LogP contribution is 2.22. The minimum atomic E-state index is -0.379. The lowest BCUT2D eigenvalue weighted by atomic mass is 10.1. The number of hydrogen-bond acceptors (Lipinski definition) is 4. The topological polar surface area (TPSA) is 101 Å². The van der Waals surface area contributed by atoms with Crippen LogP contribution in [0.3, 0.4) is 0 Å². The van der Waals surface area contributed by atoms with E-state index in [1.807, 2.05) is 0 Å². The Balaban J connectivity index is 2.33. The third-order valence-electron chi connectivity index (χ3n) is 2.61. The first kappa shape index (κ1) is 14.0. The molecule has 104 valence electrons. The number of nitrogens with zero attached hydrogens (tertiary/aromatic N) is 1. The van der Waals surface area contributed by atoms with Crippen LogP contribution < -0.4 is 11.1 Å². The first-order chi connectivity index (χ1) is 9.51. The number of amides is 1. The van der Waals surface area contributed by atoms with Gasteiger partial charge in [-0.2, -0.15) is 0 Å². The van der Waals surface area contributed by atoms with Crippen LogP contribution in [0.4, 0.5) is 5.69 Å². The van der Waals surface area contributed by atoms with Crippen LogP contribution in [0.15, 0.2) is 40.1 Å². The highest BCUT2D eigenvalue weighted by atomic mass is 35.5. The Hall–Kier alpha value is -2.47. The average molecular weight is 294 g/mol. The van der Waals surface area contributed by atoms with Crippen molar-refractivity contribution < 1.29 is 14.4 Å². The number of anilines is 1. The molecule has 0 aliphatic carbocycles. The third-order valence-corrected chi connectivity index (χ3v) is 2.84. The predicted molar refractivity (Wildman–Crippen MR) is 75.4 cm³/mol. The molecule has 0 spiro atoms. The summed E-state index contributed by atoms with van der Waals surface area (Å²) in [7, 11) is 0. The van der Waals surface area contributed by atoms with Crippen LogP contribution in [-0.4, -0.2) is 17.0 Å². The van der Waals surface area contributed by atoms with Crippen LogP contribution in [0.25, 0.3) is 0 Å². The number of oxime groups is 1. The van der Waals surface area contributed by atoms with Crippen molar-refractivity contribution in [3.05, 3.63) is 52.4 Å². The van der Waals surface area contributed by atoms with Crippen LogP contribution in [0.2, 0.25) is 5.02 Å². The van der Waals surface area contributed by atoms with Gasteiger partial charge in [-0.05, 0) is 31.2 Å². The van der Waals surface area contributed by atoms with Crippen molar-refractivity contribution in [2.45, 2.75) is 6.92 Å². The van der Waals surface area contributed by atoms with Gasteiger partial charge in [0.05, 0.1) is 11.3 Å². The van der Waals surface area contributed by atoms with Crippen LogP contribution in [-0.2, 0) is 0 Å². The zero-order chi connectivity index (χ0) is 14.7. The number of rotatable bonds is 3. The van der Waals surface area contributed by atoms with Gasteiger partial charge in [-0.1, -0.05) is 16.8 Å². The van der Waals surface area contributed by atoms with E-state index in [-0.39, 0.29) is 11.7 Å². The fraction of sp³-hybridized carbons (Fsp3) is 0.0769. The van der Waals surface area contributed by atoms with Gasteiger partial charge in [0, 0.05) is 10.6 Å². The van der Waals surface area contributed by atoms with Gasteiger partial charge in [0.2, 0.25) is 0 Å². The maximum atomic E-state index is 12.0. The molecule has 7 heteroatoms. The normalized spacial score (nSPS) is 11.4. The largest absolute Gasteiger partial charge is 0.469 e. The molecule has 1 aromatic carbocycles. The molecule has 0 unspecified atom stereocenters. The zero-order valence-corrected chi connectivity index (χ0v) is 11.3. The van der Waals surface area contributed by atoms with E-state index in [1.54, 1.807) is 25.1 Å². The SMILES string of the molecule is Cc1cc(C(=O)Nc2cc(Cl)ccc2/C(N)=N/O)co1. The molecule has 0 aliphatic heterocycles. The summed E-state index contributed by atoms with van der Waals surface area (Å²) >= 11 is 5.89. The number of hydrogen-bond donors (Lipinski definition) is 3. The summed E-state index contributed by atoms with van der Waals surface area (Å²) in [5.74, 6) is 0.120. The van der Waals surface area contributed by atoms with E-state index in [1.165, 1.54) is 12.3 Å². The molecule has 1 heterocycles. The van der Waals surface area contributed by atoms with Gasteiger partial charge in [0.15, 0.2) is 5.84 Å². The number of carbonyl (C=O) groups is 1. The number of nitrogens with two attached hydrogens (primary N) is 1. The summed E-state index contributed by atoms with van der Waals surface area (Å²) in [6.45, 7) is 1.73. The Morgan fingerprint density at radius 1 is 1.45 bits per heavy atom. The molecule has 0 radical (unpaired) electrons. The molecule has 0 aliphatic rings. The first-order valence-corrected chi connectivity index (χ1v) is 6.03. The average Bonchev–Trinajstić information content (AvgIpc) is 2.85. The van der Waals surface area contributed by atoms with Crippen molar-refractivity contribution in [1.29, 1.82) is 0 Å². The zero-order valence-electron chi connectivity index (χ0n) is 10.6. The highest BCUT2D eigenvalue weighted by Gasteiger charge is 2.13. The summed E-state index contributed by atoms with van der Waals surface area (Å²) in [6, 6.07) is 6.24. The Kier molecular flexibility index (Phi) is 3.95. The molecule has 2 rings (SSSR count). The monoisotopic (exact) mass is 293 g/mol. The van der Waals surface area contributed by atoms with E-state index in [9.17, 15) is 4.79 Å². The van der Waals surface area contributed by atoms with Crippen molar-refractivity contribution in [3.63, 3.8) is 0 Å². The van der Waals surface area contributed by atoms with Crippen molar-refractivity contribution in [2.24, 2.45) is 10.9 Å². The summed E-state index contributed by atoms with van der Waals surface area (Å²) in [5.41, 5.74) is 6.63. The molecule has 1 amide bonds. The molecule has 6 nitrogen and oxygen atoms in total. The second-order valence-corrected chi connectivity index (χ2v) is 4.51. The standard InChI is InChI=1S/C13H12ClN3O3/c1-7-4-8(6-20-7)13(18)16-11-5-9(14)2-3-10(11)12(15)17-19/h2-6,19H,1H3,(H2,15,17)(H,16,18). The maximum Gasteiger partial charge on any atom is 0.258 e. The second-order valence-electron chi connectivity index (χ2n) is 4.08. The van der Waals surface area contributed by atoms with Gasteiger partial charge in [0.1, 0.15) is 12.0 Å². The van der Waals surface area contributed by atoms with E-state index >= 15 is 0 Å². The van der Waals surface area contributed by atoms with E-state index in [4.69, 9.17) is 27.0 Å².